The molecule has 0 heterocycles. The van der Waals surface area contributed by atoms with E-state index in [0.717, 1.165) is 0 Å². The van der Waals surface area contributed by atoms with E-state index in [9.17, 15) is 39.0 Å². The molecule has 15 nitrogen and oxygen atoms in total. The molecule has 7 amide bonds. The van der Waals surface area contributed by atoms with Crippen molar-refractivity contribution in [2.45, 2.75) is 69.7 Å². The van der Waals surface area contributed by atoms with Crippen LogP contribution in [0.15, 0.2) is 0 Å². The fourth-order valence-electron chi connectivity index (χ4n) is 2.75. The first-order valence-electron chi connectivity index (χ1n) is 10.7. The molecule has 0 aromatic heterocycles. The van der Waals surface area contributed by atoms with Crippen LogP contribution in [0.4, 0.5) is 4.79 Å². The third kappa shape index (κ3) is 13.2. The molecule has 4 atom stereocenters. The number of nitrogens with two attached hydrogens (primary N) is 3. The molecule has 0 aliphatic heterocycles. The third-order valence-corrected chi connectivity index (χ3v) is 4.59. The van der Waals surface area contributed by atoms with E-state index in [1.54, 1.807) is 0 Å². The molecule has 0 fully saturated rings. The van der Waals surface area contributed by atoms with E-state index in [-0.39, 0.29) is 13.0 Å². The van der Waals surface area contributed by atoms with Gasteiger partial charge in [0.2, 0.25) is 29.5 Å². The molecule has 0 saturated heterocycles. The fraction of sp³-hybridized carbons (Fsp3) is 0.684. The number of primary amides is 3. The summed E-state index contributed by atoms with van der Waals surface area (Å²) in [7, 11) is 0. The quantitative estimate of drug-likeness (QED) is 0.0901. The molecule has 194 valence electrons. The summed E-state index contributed by atoms with van der Waals surface area (Å²) in [4.78, 5) is 69.1. The lowest BCUT2D eigenvalue weighted by Crippen LogP contribution is -2.56. The van der Waals surface area contributed by atoms with Gasteiger partial charge in [-0.1, -0.05) is 12.8 Å². The van der Waals surface area contributed by atoms with Gasteiger partial charge in [0, 0.05) is 13.0 Å². The van der Waals surface area contributed by atoms with Gasteiger partial charge in [-0.15, -0.1) is 0 Å². The maximum absolute atomic E-state index is 12.1. The number of aliphatic hydroxyl groups is 2. The van der Waals surface area contributed by atoms with E-state index in [1.165, 1.54) is 6.92 Å². The number of hydrogen-bond acceptors (Lipinski definition) is 8. The minimum atomic E-state index is -1.37. The van der Waals surface area contributed by atoms with Gasteiger partial charge in [-0.05, 0) is 19.8 Å². The first kappa shape index (κ1) is 30.5. The number of rotatable bonds is 17. The lowest BCUT2D eigenvalue weighted by molar-refractivity contribution is -0.129. The smallest absolute Gasteiger partial charge is 0.316 e. The maximum Gasteiger partial charge on any atom is 0.316 e. The summed E-state index contributed by atoms with van der Waals surface area (Å²) < 4.78 is 0. The lowest BCUT2D eigenvalue weighted by atomic mass is 10.1. The summed E-state index contributed by atoms with van der Waals surface area (Å²) in [6.07, 6.45) is 0.888. The molecule has 15 heteroatoms. The summed E-state index contributed by atoms with van der Waals surface area (Å²) in [5.74, 6) is -3.77. The first-order chi connectivity index (χ1) is 15.9. The Morgan fingerprint density at radius 1 is 0.824 bits per heavy atom. The van der Waals surface area contributed by atoms with Crippen LogP contribution in [0.25, 0.3) is 0 Å². The van der Waals surface area contributed by atoms with E-state index in [1.807, 2.05) is 0 Å². The van der Waals surface area contributed by atoms with Crippen LogP contribution in [-0.4, -0.2) is 83.2 Å². The van der Waals surface area contributed by atoms with Crippen molar-refractivity contribution < 1.29 is 39.0 Å². The minimum absolute atomic E-state index is 0.135. The van der Waals surface area contributed by atoms with Gasteiger partial charge in [0.25, 0.3) is 0 Å². The zero-order valence-electron chi connectivity index (χ0n) is 19.0. The van der Waals surface area contributed by atoms with Crippen molar-refractivity contribution >= 4 is 35.6 Å². The van der Waals surface area contributed by atoms with Crippen LogP contribution < -0.4 is 38.5 Å². The number of carbonyl (C=O) groups is 6. The van der Waals surface area contributed by atoms with Crippen molar-refractivity contribution in [2.24, 2.45) is 17.2 Å². The van der Waals surface area contributed by atoms with Crippen LogP contribution in [0.2, 0.25) is 0 Å². The Balaban J connectivity index is 4.21. The van der Waals surface area contributed by atoms with Gasteiger partial charge in [-0.25, -0.2) is 4.79 Å². The van der Waals surface area contributed by atoms with Crippen molar-refractivity contribution in [3.63, 3.8) is 0 Å². The van der Waals surface area contributed by atoms with Crippen molar-refractivity contribution in [3.8, 4) is 0 Å². The topological polar surface area (TPSA) is 269 Å². The highest BCUT2D eigenvalue weighted by atomic mass is 16.3. The molecule has 0 aromatic carbocycles. The Labute approximate surface area is 196 Å². The standard InChI is InChI=1S/C19H35N7O8/c1-10(28)15(17(22)32)26-14(30)6-4-2-3-5-7-23-18(33)12(9-27)25-19(34)24-11(16(21)31)8-13(20)29/h10-12,15,27-28H,2-9H2,1H3,(H2,20,29)(H2,21,31)(H2,22,32)(H,23,33)(H,26,30)(H2,24,25,34)/t10?,11-,12+,15-/m0/s1. The predicted octanol–water partition coefficient (Wildman–Crippen LogP) is -4.21. The average molecular weight is 490 g/mol. The SMILES string of the molecule is CC(O)[C@H](NC(=O)CCCCCCNC(=O)[C@@H](CO)NC(=O)N[C@@H](CC(N)=O)C(N)=O)C(N)=O. The van der Waals surface area contributed by atoms with Crippen LogP contribution in [0.5, 0.6) is 0 Å². The first-order valence-corrected chi connectivity index (χ1v) is 10.7. The van der Waals surface area contributed by atoms with Gasteiger partial charge < -0.3 is 48.7 Å². The van der Waals surface area contributed by atoms with E-state index in [2.05, 4.69) is 21.3 Å². The number of aliphatic hydroxyl groups excluding tert-OH is 2. The van der Waals surface area contributed by atoms with Crippen LogP contribution in [0.3, 0.4) is 0 Å². The highest BCUT2D eigenvalue weighted by Crippen LogP contribution is 2.03. The van der Waals surface area contributed by atoms with E-state index < -0.39 is 72.8 Å². The molecule has 0 spiro atoms. The number of carbonyl (C=O) groups excluding carboxylic acids is 6. The lowest BCUT2D eigenvalue weighted by Gasteiger charge is -2.19. The number of amides is 7. The van der Waals surface area contributed by atoms with Gasteiger partial charge in [-0.3, -0.25) is 24.0 Å². The zero-order chi connectivity index (χ0) is 26.3. The van der Waals surface area contributed by atoms with Crippen molar-refractivity contribution in [3.05, 3.63) is 0 Å². The molecule has 0 saturated carbocycles. The Morgan fingerprint density at radius 2 is 1.41 bits per heavy atom. The molecule has 34 heavy (non-hydrogen) atoms. The van der Waals surface area contributed by atoms with E-state index >= 15 is 0 Å². The predicted molar refractivity (Wildman–Crippen MR) is 118 cm³/mol. The summed E-state index contributed by atoms with van der Waals surface area (Å²) in [5.41, 5.74) is 15.1. The summed E-state index contributed by atoms with van der Waals surface area (Å²) in [5, 5.41) is 27.9. The molecule has 0 bridgehead atoms. The number of urea groups is 1. The minimum Gasteiger partial charge on any atom is -0.394 e. The Hall–Kier alpha value is -3.46. The van der Waals surface area contributed by atoms with Gasteiger partial charge in [0.1, 0.15) is 18.1 Å². The second-order valence-electron chi connectivity index (χ2n) is 7.62. The largest absolute Gasteiger partial charge is 0.394 e. The maximum atomic E-state index is 12.1. The fourth-order valence-corrected chi connectivity index (χ4v) is 2.75. The van der Waals surface area contributed by atoms with Crippen LogP contribution >= 0.6 is 0 Å². The molecule has 12 N–H and O–H groups in total. The van der Waals surface area contributed by atoms with Gasteiger partial charge >= 0.3 is 6.03 Å². The molecular formula is C19H35N7O8. The number of hydrogen-bond donors (Lipinski definition) is 9. The van der Waals surface area contributed by atoms with Crippen molar-refractivity contribution in [2.75, 3.05) is 13.2 Å². The Bertz CT molecular complexity index is 731. The zero-order valence-corrected chi connectivity index (χ0v) is 19.0. The van der Waals surface area contributed by atoms with Gasteiger partial charge in [0.05, 0.1) is 19.1 Å². The summed E-state index contributed by atoms with van der Waals surface area (Å²) in [6, 6.07) is -4.82. The number of unbranched alkanes of at least 4 members (excludes halogenated alkanes) is 3. The highest BCUT2D eigenvalue weighted by Gasteiger charge is 2.25. The molecular weight excluding hydrogens is 454 g/mol. The van der Waals surface area contributed by atoms with Crippen molar-refractivity contribution in [1.29, 1.82) is 0 Å². The van der Waals surface area contributed by atoms with Gasteiger partial charge in [-0.2, -0.15) is 0 Å². The third-order valence-electron chi connectivity index (χ3n) is 4.59. The molecule has 1 unspecified atom stereocenters. The molecule has 0 radical (unpaired) electrons. The molecule has 0 rings (SSSR count). The van der Waals surface area contributed by atoms with E-state index in [4.69, 9.17) is 17.2 Å². The van der Waals surface area contributed by atoms with Crippen LogP contribution in [0.1, 0.15) is 45.4 Å². The van der Waals surface area contributed by atoms with Crippen LogP contribution in [-0.2, 0) is 24.0 Å². The molecule has 0 aliphatic rings. The molecule has 0 aromatic rings. The normalized spacial score (nSPS) is 14.1. The average Bonchev–Trinajstić information content (AvgIpc) is 2.73. The number of nitrogens with one attached hydrogen (secondary N) is 4. The summed E-state index contributed by atoms with van der Waals surface area (Å²) in [6.45, 7) is 0.863. The Kier molecular flexibility index (Phi) is 14.6. The van der Waals surface area contributed by atoms with Crippen LogP contribution in [0, 0.1) is 0 Å². The monoisotopic (exact) mass is 489 g/mol. The van der Waals surface area contributed by atoms with E-state index in [0.29, 0.717) is 25.7 Å². The van der Waals surface area contributed by atoms with Gasteiger partial charge in [0.15, 0.2) is 0 Å². The van der Waals surface area contributed by atoms with Crippen molar-refractivity contribution in [1.82, 2.24) is 21.3 Å². The second kappa shape index (κ2) is 16.2. The second-order valence-corrected chi connectivity index (χ2v) is 7.62. The highest BCUT2D eigenvalue weighted by molar-refractivity contribution is 5.92. The molecule has 0 aliphatic carbocycles. The Morgan fingerprint density at radius 3 is 1.91 bits per heavy atom. The summed E-state index contributed by atoms with van der Waals surface area (Å²) >= 11 is 0.